The summed E-state index contributed by atoms with van der Waals surface area (Å²) in [5.41, 5.74) is 53.6. The summed E-state index contributed by atoms with van der Waals surface area (Å²) in [5.74, 6) is 0. The van der Waals surface area contributed by atoms with E-state index in [1.165, 1.54) is 200 Å². The van der Waals surface area contributed by atoms with Gasteiger partial charge in [-0.05, 0) is 299 Å². The molecule has 17 aromatic carbocycles. The molecule has 6 aliphatic rings. The van der Waals surface area contributed by atoms with E-state index in [2.05, 4.69) is 393 Å². The zero-order chi connectivity index (χ0) is 75.8. The highest BCUT2D eigenvalue weighted by Gasteiger charge is 2.31. The molecule has 6 aliphatic carbocycles. The lowest BCUT2D eigenvalue weighted by molar-refractivity contribution is 1.16. The molecule has 17 aromatic rings. The van der Waals surface area contributed by atoms with Crippen molar-refractivity contribution in [1.82, 2.24) is 0 Å². The van der Waals surface area contributed by atoms with E-state index in [0.717, 1.165) is 38.5 Å². The Balaban J connectivity index is 0.0000000953. The third-order valence-electron chi connectivity index (χ3n) is 23.5. The number of hydrogen-bond donors (Lipinski definition) is 0. The molecule has 0 atom stereocenters. The fourth-order valence-electron chi connectivity index (χ4n) is 18.0. The molecule has 0 amide bonds. The summed E-state index contributed by atoms with van der Waals surface area (Å²) in [5, 5.41) is 2.72. The third-order valence-corrected chi connectivity index (χ3v) is 23.5. The average molecular weight is 1440 g/mol. The monoisotopic (exact) mass is 1430 g/mol. The molecule has 112 heavy (non-hydrogen) atoms. The van der Waals surface area contributed by atoms with Crippen molar-refractivity contribution in [3.63, 3.8) is 0 Å². The molecule has 23 rings (SSSR count). The highest BCUT2D eigenvalue weighted by molar-refractivity contribution is 5.95. The molecule has 0 bridgehead atoms. The minimum absolute atomic E-state index is 1.08. The maximum absolute atomic E-state index is 2.44. The van der Waals surface area contributed by atoms with Crippen LogP contribution in [-0.2, 0) is 38.5 Å². The van der Waals surface area contributed by atoms with Gasteiger partial charge >= 0.3 is 0 Å². The fraction of sp³-hybridized carbons (Fsp3) is 0.107. The van der Waals surface area contributed by atoms with Gasteiger partial charge in [-0.25, -0.2) is 0 Å². The Kier molecular flexibility index (Phi) is 19.4. The van der Waals surface area contributed by atoms with Crippen LogP contribution in [-0.4, -0.2) is 0 Å². The first kappa shape index (κ1) is 70.7. The molecular weight excluding hydrogens is 1350 g/mol. The molecule has 0 heterocycles. The molecule has 0 unspecified atom stereocenters. The van der Waals surface area contributed by atoms with Crippen LogP contribution in [0.2, 0.25) is 0 Å². The van der Waals surface area contributed by atoms with Crippen LogP contribution in [0.1, 0.15) is 100 Å². The van der Waals surface area contributed by atoms with Gasteiger partial charge in [0.05, 0.1) is 0 Å². The first-order valence-electron chi connectivity index (χ1n) is 39.8. The van der Waals surface area contributed by atoms with E-state index in [0.29, 0.717) is 0 Å². The molecule has 0 fully saturated rings. The number of hydrogen-bond acceptors (Lipinski definition) is 0. The van der Waals surface area contributed by atoms with Crippen molar-refractivity contribution in [3.05, 3.63) is 464 Å². The van der Waals surface area contributed by atoms with E-state index in [-0.39, 0.29) is 0 Å². The van der Waals surface area contributed by atoms with Gasteiger partial charge in [-0.1, -0.05) is 368 Å². The van der Waals surface area contributed by atoms with Gasteiger partial charge in [-0.3, -0.25) is 0 Å². The zero-order valence-corrected chi connectivity index (χ0v) is 64.9. The van der Waals surface area contributed by atoms with Gasteiger partial charge < -0.3 is 0 Å². The maximum Gasteiger partial charge on any atom is -0.00102 e. The zero-order valence-electron chi connectivity index (χ0n) is 64.9. The Morgan fingerprint density at radius 2 is 0.438 bits per heavy atom. The number of benzene rings is 17. The summed E-state index contributed by atoms with van der Waals surface area (Å²) in [6, 6.07) is 132. The lowest BCUT2D eigenvalue weighted by atomic mass is 9.96. The third kappa shape index (κ3) is 14.4. The van der Waals surface area contributed by atoms with Crippen LogP contribution in [0.3, 0.4) is 0 Å². The van der Waals surface area contributed by atoms with E-state index < -0.39 is 0 Å². The Morgan fingerprint density at radius 3 is 0.938 bits per heavy atom. The fourth-order valence-corrected chi connectivity index (χ4v) is 18.0. The standard InChI is InChI=1S/C25H18.2C21H16.C19H16.2C13H12/c1-15-6-7-16-12-23-19(11-18(16)10-15)14-25-22(23)9-8-21-20-5-3-2-4-17(20)13-24(21)25;1-13-6-7-19-15(8-13)10-17-12-20-16(11-21(17)19)9-14-4-2-3-5-18(14)20;1-13-6-7-17-15(10-13)12-21-19(17)9-8-18-16-5-3-2-4-14(16)11-20(18)21;1-15-12-18(16-8-4-2-5-9-16)14-19(13-15)17-10-6-3-7-11-17;1-11-6-5-9-13(10-11)12-7-3-2-4-8-12;1-11-7-9-13(10-8-11)12-5-3-2-4-6-12/h2-12H,13-14H2,1H3;2-8,11-12H,9-10H2,1H3;2-10H,11-12H2,1H3;2-14H,1H3;2*2-10H,1H3. The van der Waals surface area contributed by atoms with Crippen LogP contribution < -0.4 is 0 Å². The largest absolute Gasteiger partial charge is 0.0622 e. The van der Waals surface area contributed by atoms with Crippen LogP contribution in [0.25, 0.3) is 122 Å². The van der Waals surface area contributed by atoms with Crippen molar-refractivity contribution in [3.8, 4) is 111 Å². The predicted octanol–water partition coefficient (Wildman–Crippen LogP) is 29.2. The van der Waals surface area contributed by atoms with E-state index >= 15 is 0 Å². The first-order valence-corrected chi connectivity index (χ1v) is 39.8. The molecule has 0 radical (unpaired) electrons. The van der Waals surface area contributed by atoms with Crippen molar-refractivity contribution in [1.29, 1.82) is 0 Å². The molecule has 0 aliphatic heterocycles. The van der Waals surface area contributed by atoms with Crippen LogP contribution in [0.4, 0.5) is 0 Å². The summed E-state index contributed by atoms with van der Waals surface area (Å²) < 4.78 is 0. The van der Waals surface area contributed by atoms with E-state index in [1.807, 2.05) is 12.1 Å². The van der Waals surface area contributed by atoms with Gasteiger partial charge in [-0.15, -0.1) is 0 Å². The van der Waals surface area contributed by atoms with E-state index in [1.54, 1.807) is 22.3 Å². The molecule has 538 valence electrons. The highest BCUT2D eigenvalue weighted by atomic mass is 14.3. The van der Waals surface area contributed by atoms with Crippen molar-refractivity contribution in [2.75, 3.05) is 0 Å². The van der Waals surface area contributed by atoms with Gasteiger partial charge in [0.15, 0.2) is 0 Å². The van der Waals surface area contributed by atoms with E-state index in [4.69, 9.17) is 0 Å². The van der Waals surface area contributed by atoms with Gasteiger partial charge in [0, 0.05) is 0 Å². The highest BCUT2D eigenvalue weighted by Crippen LogP contribution is 2.50. The summed E-state index contributed by atoms with van der Waals surface area (Å²) in [6.45, 7) is 12.9. The lowest BCUT2D eigenvalue weighted by Gasteiger charge is -2.08. The summed E-state index contributed by atoms with van der Waals surface area (Å²) in [4.78, 5) is 0. The molecule has 0 saturated heterocycles. The minimum atomic E-state index is 1.08. The van der Waals surface area contributed by atoms with Gasteiger partial charge in [0.25, 0.3) is 0 Å². The average Bonchev–Trinajstić information content (AvgIpc) is 1.62. The van der Waals surface area contributed by atoms with Crippen molar-refractivity contribution in [2.45, 2.75) is 80.1 Å². The molecule has 0 nitrogen and oxygen atoms in total. The summed E-state index contributed by atoms with van der Waals surface area (Å²) in [6.07, 6.45) is 6.53. The Bertz CT molecular complexity index is 6310. The van der Waals surface area contributed by atoms with Gasteiger partial charge in [0.2, 0.25) is 0 Å². The SMILES string of the molecule is Cc1cc(-c2ccccc2)cc(-c2ccccc2)c1.Cc1ccc(-c2ccccc2)cc1.Cc1ccc2c(c1)Cc1c-2ccc2c1Cc1ccccc1-2.Cc1ccc2c(c1)Cc1cc3c(cc1-2)Cc1ccccc1-3.Cc1ccc2cc3c(cc2c1)Cc1c-3ccc2c1Cc1ccccc1-2.Cc1cccc(-c2ccccc2)c1. The molecule has 0 N–H and O–H groups in total. The molecule has 0 saturated carbocycles. The Morgan fingerprint density at radius 1 is 0.134 bits per heavy atom. The number of rotatable bonds is 4. The normalized spacial score (nSPS) is 12.2. The Labute approximate surface area is 661 Å². The Hall–Kier alpha value is -13.0. The van der Waals surface area contributed by atoms with Gasteiger partial charge in [0.1, 0.15) is 0 Å². The van der Waals surface area contributed by atoms with Crippen molar-refractivity contribution in [2.24, 2.45) is 0 Å². The first-order chi connectivity index (χ1) is 54.9. The van der Waals surface area contributed by atoms with Crippen LogP contribution >= 0.6 is 0 Å². The second kappa shape index (κ2) is 30.8. The number of aryl methyl sites for hydroxylation is 6. The van der Waals surface area contributed by atoms with Crippen LogP contribution in [0.5, 0.6) is 0 Å². The predicted molar refractivity (Wildman–Crippen MR) is 476 cm³/mol. The van der Waals surface area contributed by atoms with Crippen LogP contribution in [0, 0.1) is 41.5 Å². The second-order valence-corrected chi connectivity index (χ2v) is 31.4. The minimum Gasteiger partial charge on any atom is -0.0622 e. The molecule has 0 aromatic heterocycles. The number of fused-ring (bicyclic) bond motifs is 21. The van der Waals surface area contributed by atoms with Crippen molar-refractivity contribution >= 4 is 10.8 Å². The smallest absolute Gasteiger partial charge is 0.00102 e. The molecule has 0 spiro atoms. The van der Waals surface area contributed by atoms with Gasteiger partial charge in [-0.2, -0.15) is 0 Å². The maximum atomic E-state index is 2.44. The van der Waals surface area contributed by atoms with Crippen LogP contribution in [0.15, 0.2) is 364 Å². The molecule has 0 heteroatoms. The van der Waals surface area contributed by atoms with Crippen molar-refractivity contribution < 1.29 is 0 Å². The second-order valence-electron chi connectivity index (χ2n) is 31.4. The summed E-state index contributed by atoms with van der Waals surface area (Å²) >= 11 is 0. The quantitative estimate of drug-likeness (QED) is 0.165. The topological polar surface area (TPSA) is 0 Å². The lowest BCUT2D eigenvalue weighted by Crippen LogP contribution is -1.90. The van der Waals surface area contributed by atoms with E-state index in [9.17, 15) is 0 Å². The summed E-state index contributed by atoms with van der Waals surface area (Å²) in [7, 11) is 0. The molecular formula is C112H90.